The third-order valence-electron chi connectivity index (χ3n) is 6.71. The van der Waals surface area contributed by atoms with Gasteiger partial charge in [-0.25, -0.2) is 9.78 Å². The molecule has 1 aromatic carbocycles. The van der Waals surface area contributed by atoms with Crippen LogP contribution in [0.1, 0.15) is 59.3 Å². The summed E-state index contributed by atoms with van der Waals surface area (Å²) in [6.45, 7) is 1.19. The van der Waals surface area contributed by atoms with Crippen LogP contribution in [0.15, 0.2) is 24.3 Å². The molecule has 1 aromatic heterocycles. The first kappa shape index (κ1) is 26.2. The fraction of sp³-hybridized carbons (Fsp3) is 0.462. The molecule has 0 unspecified atom stereocenters. The van der Waals surface area contributed by atoms with Gasteiger partial charge < -0.3 is 20.5 Å². The summed E-state index contributed by atoms with van der Waals surface area (Å²) in [7, 11) is 0. The van der Waals surface area contributed by atoms with Crippen LogP contribution in [0.2, 0.25) is 10.0 Å². The lowest BCUT2D eigenvalue weighted by molar-refractivity contribution is -0.140. The van der Waals surface area contributed by atoms with Crippen LogP contribution < -0.4 is 10.6 Å². The van der Waals surface area contributed by atoms with E-state index in [1.165, 1.54) is 17.7 Å². The van der Waals surface area contributed by atoms with E-state index in [0.29, 0.717) is 5.92 Å². The normalized spacial score (nSPS) is 19.2. The van der Waals surface area contributed by atoms with Gasteiger partial charge in [-0.05, 0) is 68.2 Å². The Balaban J connectivity index is 1.19. The van der Waals surface area contributed by atoms with E-state index in [1.807, 2.05) is 6.07 Å². The molecular weight excluding hydrogens is 503 g/mol. The number of aromatic nitrogens is 1. The lowest BCUT2D eigenvalue weighted by Crippen LogP contribution is -2.42. The van der Waals surface area contributed by atoms with Gasteiger partial charge in [0.05, 0.1) is 33.3 Å². The summed E-state index contributed by atoms with van der Waals surface area (Å²) >= 11 is 12.2. The van der Waals surface area contributed by atoms with Crippen LogP contribution in [0.3, 0.4) is 0 Å². The van der Waals surface area contributed by atoms with E-state index in [0.717, 1.165) is 56.6 Å². The standard InChI is InChI=1S/C26H28Cl2N4O4/c27-20-12-16(14-29)13-21(28)23(20)25(33)32-22(26(34)35)7-9-36-19-10-15(11-19)3-5-18-6-4-17-2-1-8-30-24(17)31-18/h4,6,12-13,15,19,22H,1-3,5,7-11H2,(H,30,31)(H,32,33)(H,34,35)/t15?,19?,22-/m0/s1. The summed E-state index contributed by atoms with van der Waals surface area (Å²) in [5.74, 6) is -0.295. The number of nitrogens with zero attached hydrogens (tertiary/aromatic N) is 2. The number of hydrogen-bond acceptors (Lipinski definition) is 6. The van der Waals surface area contributed by atoms with Crippen molar-refractivity contribution in [1.29, 1.82) is 5.26 Å². The second kappa shape index (κ2) is 11.9. The van der Waals surface area contributed by atoms with E-state index in [9.17, 15) is 14.7 Å². The maximum atomic E-state index is 12.6. The molecule has 1 fully saturated rings. The molecule has 0 radical (unpaired) electrons. The molecule has 36 heavy (non-hydrogen) atoms. The Kier molecular flexibility index (Phi) is 8.68. The number of anilines is 1. The molecule has 0 saturated heterocycles. The monoisotopic (exact) mass is 530 g/mol. The number of pyridine rings is 1. The van der Waals surface area contributed by atoms with Crippen LogP contribution in [-0.2, 0) is 22.4 Å². The maximum Gasteiger partial charge on any atom is 0.326 e. The molecule has 0 bridgehead atoms. The van der Waals surface area contributed by atoms with Crippen molar-refractivity contribution < 1.29 is 19.4 Å². The van der Waals surface area contributed by atoms with Crippen LogP contribution in [0.25, 0.3) is 0 Å². The largest absolute Gasteiger partial charge is 0.480 e. The first-order valence-corrected chi connectivity index (χ1v) is 12.9. The Labute approximate surface area is 220 Å². The van der Waals surface area contributed by atoms with E-state index in [-0.39, 0.29) is 40.3 Å². The summed E-state index contributed by atoms with van der Waals surface area (Å²) in [5.41, 5.74) is 2.55. The lowest BCUT2D eigenvalue weighted by atomic mass is 9.79. The van der Waals surface area contributed by atoms with E-state index in [2.05, 4.69) is 22.8 Å². The Morgan fingerprint density at radius 3 is 2.72 bits per heavy atom. The fourth-order valence-electron chi connectivity index (χ4n) is 4.60. The highest BCUT2D eigenvalue weighted by Crippen LogP contribution is 2.34. The highest BCUT2D eigenvalue weighted by molar-refractivity contribution is 6.39. The van der Waals surface area contributed by atoms with Crippen LogP contribution in [-0.4, -0.2) is 47.3 Å². The zero-order chi connectivity index (χ0) is 25.7. The number of carboxylic acids is 1. The Bertz CT molecular complexity index is 1150. The van der Waals surface area contributed by atoms with Gasteiger partial charge in [-0.3, -0.25) is 4.79 Å². The highest BCUT2D eigenvalue weighted by Gasteiger charge is 2.30. The van der Waals surface area contributed by atoms with E-state index >= 15 is 0 Å². The number of amides is 1. The van der Waals surface area contributed by atoms with Crippen LogP contribution in [0.4, 0.5) is 5.82 Å². The number of aryl methyl sites for hydroxylation is 2. The fourth-order valence-corrected chi connectivity index (χ4v) is 5.26. The van der Waals surface area contributed by atoms with Gasteiger partial charge in [0, 0.05) is 25.3 Å². The number of ether oxygens (including phenoxy) is 1. The number of nitriles is 1. The predicted octanol–water partition coefficient (Wildman–Crippen LogP) is 4.62. The number of aliphatic carboxylic acids is 1. The van der Waals surface area contributed by atoms with Crippen LogP contribution >= 0.6 is 23.2 Å². The van der Waals surface area contributed by atoms with Crippen molar-refractivity contribution >= 4 is 40.9 Å². The molecule has 2 heterocycles. The minimum atomic E-state index is -1.17. The van der Waals surface area contributed by atoms with Crippen molar-refractivity contribution in [3.63, 3.8) is 0 Å². The first-order valence-electron chi connectivity index (χ1n) is 12.1. The van der Waals surface area contributed by atoms with Crippen molar-refractivity contribution in [3.05, 3.63) is 56.7 Å². The van der Waals surface area contributed by atoms with Gasteiger partial charge >= 0.3 is 5.97 Å². The number of rotatable bonds is 10. The highest BCUT2D eigenvalue weighted by atomic mass is 35.5. The number of halogens is 2. The molecule has 10 heteroatoms. The average Bonchev–Trinajstić information content (AvgIpc) is 2.83. The number of benzene rings is 1. The van der Waals surface area contributed by atoms with Crippen LogP contribution in [0, 0.1) is 17.2 Å². The second-order valence-electron chi connectivity index (χ2n) is 9.29. The minimum absolute atomic E-state index is 0.0145. The predicted molar refractivity (Wildman–Crippen MR) is 137 cm³/mol. The second-order valence-corrected chi connectivity index (χ2v) is 10.1. The Morgan fingerprint density at radius 2 is 2.03 bits per heavy atom. The van der Waals surface area contributed by atoms with E-state index < -0.39 is 17.9 Å². The molecule has 1 atom stereocenters. The zero-order valence-corrected chi connectivity index (χ0v) is 21.2. The number of carbonyl (C=O) groups excluding carboxylic acids is 1. The molecule has 8 nitrogen and oxygen atoms in total. The van der Waals surface area contributed by atoms with E-state index in [1.54, 1.807) is 0 Å². The third-order valence-corrected chi connectivity index (χ3v) is 7.31. The molecule has 3 N–H and O–H groups in total. The summed E-state index contributed by atoms with van der Waals surface area (Å²) in [4.78, 5) is 29.0. The third kappa shape index (κ3) is 6.47. The first-order chi connectivity index (χ1) is 17.3. The minimum Gasteiger partial charge on any atom is -0.480 e. The van der Waals surface area contributed by atoms with Crippen molar-refractivity contribution in [1.82, 2.24) is 10.3 Å². The number of carbonyl (C=O) groups is 2. The topological polar surface area (TPSA) is 124 Å². The average molecular weight is 531 g/mol. The molecule has 1 aliphatic carbocycles. The molecule has 1 saturated carbocycles. The number of hydrogen-bond donors (Lipinski definition) is 3. The van der Waals surface area contributed by atoms with Crippen molar-refractivity contribution in [2.24, 2.45) is 5.92 Å². The van der Waals surface area contributed by atoms with Gasteiger partial charge in [0.25, 0.3) is 5.91 Å². The zero-order valence-electron chi connectivity index (χ0n) is 19.7. The van der Waals surface area contributed by atoms with Crippen LogP contribution in [0.5, 0.6) is 0 Å². The summed E-state index contributed by atoms with van der Waals surface area (Å²) in [6, 6.07) is 7.67. The number of nitrogens with one attached hydrogen (secondary N) is 2. The Morgan fingerprint density at radius 1 is 1.28 bits per heavy atom. The Hall–Kier alpha value is -2.86. The molecule has 0 spiro atoms. The smallest absolute Gasteiger partial charge is 0.326 e. The number of carboxylic acid groups (broad SMARTS) is 1. The molecule has 2 aromatic rings. The number of fused-ring (bicyclic) bond motifs is 1. The molecule has 2 aliphatic rings. The van der Waals surface area contributed by atoms with Gasteiger partial charge in [0.15, 0.2) is 0 Å². The van der Waals surface area contributed by atoms with Gasteiger partial charge in [-0.15, -0.1) is 0 Å². The summed E-state index contributed by atoms with van der Waals surface area (Å²) < 4.78 is 5.85. The van der Waals surface area contributed by atoms with Gasteiger partial charge in [0.1, 0.15) is 11.9 Å². The molecule has 1 amide bonds. The molecule has 190 valence electrons. The summed E-state index contributed by atoms with van der Waals surface area (Å²) in [6.07, 6.45) is 6.29. The SMILES string of the molecule is N#Cc1cc(Cl)c(C(=O)N[C@@H](CCOC2CC(CCc3ccc4c(n3)NCCC4)C2)C(=O)O)c(Cl)c1. The van der Waals surface area contributed by atoms with Gasteiger partial charge in [-0.1, -0.05) is 29.3 Å². The van der Waals surface area contributed by atoms with Gasteiger partial charge in [-0.2, -0.15) is 5.26 Å². The molecular formula is C26H28Cl2N4O4. The van der Waals surface area contributed by atoms with E-state index in [4.69, 9.17) is 38.2 Å². The van der Waals surface area contributed by atoms with Crippen molar-refractivity contribution in [3.8, 4) is 6.07 Å². The van der Waals surface area contributed by atoms with Gasteiger partial charge in [0.2, 0.25) is 0 Å². The van der Waals surface area contributed by atoms with Crippen molar-refractivity contribution in [2.75, 3.05) is 18.5 Å². The van der Waals surface area contributed by atoms with Crippen molar-refractivity contribution in [2.45, 2.75) is 57.1 Å². The quantitative estimate of drug-likeness (QED) is 0.409. The summed E-state index contributed by atoms with van der Waals surface area (Å²) in [5, 5.41) is 24.3. The lowest BCUT2D eigenvalue weighted by Gasteiger charge is -2.35. The maximum absolute atomic E-state index is 12.6. The molecule has 1 aliphatic heterocycles. The molecule has 4 rings (SSSR count).